The van der Waals surface area contributed by atoms with Gasteiger partial charge < -0.3 is 10.2 Å². The summed E-state index contributed by atoms with van der Waals surface area (Å²) in [5.41, 5.74) is 1.53. The van der Waals surface area contributed by atoms with Crippen LogP contribution in [0.1, 0.15) is 49.8 Å². The largest absolute Gasteiger partial charge is 0.356 e. The highest BCUT2D eigenvalue weighted by molar-refractivity contribution is 7.19. The number of nitrogens with zero attached hydrogens (tertiary/aromatic N) is 2. The molecule has 4 rings (SSSR count). The monoisotopic (exact) mass is 383 g/mol. The van der Waals surface area contributed by atoms with Crippen LogP contribution in [-0.4, -0.2) is 30.5 Å². The molecule has 0 radical (unpaired) electrons. The summed E-state index contributed by atoms with van der Waals surface area (Å²) in [6, 6.07) is 4.33. The number of aromatic nitrogens is 1. The van der Waals surface area contributed by atoms with Crippen molar-refractivity contribution in [2.75, 3.05) is 24.5 Å². The van der Waals surface area contributed by atoms with Crippen LogP contribution >= 0.6 is 11.3 Å². The number of hydrogen-bond acceptors (Lipinski definition) is 4. The first-order chi connectivity index (χ1) is 13.2. The van der Waals surface area contributed by atoms with E-state index in [0.717, 1.165) is 44.7 Å². The smallest absolute Gasteiger partial charge is 0.223 e. The Balaban J connectivity index is 1.29. The second-order valence-corrected chi connectivity index (χ2v) is 9.10. The molecule has 1 saturated heterocycles. The zero-order valence-electron chi connectivity index (χ0n) is 16.2. The van der Waals surface area contributed by atoms with Gasteiger partial charge in [0.05, 0.1) is 0 Å². The molecule has 0 aromatic carbocycles. The van der Waals surface area contributed by atoms with Crippen molar-refractivity contribution in [2.45, 2.75) is 51.9 Å². The summed E-state index contributed by atoms with van der Waals surface area (Å²) < 4.78 is 1.30. The molecule has 144 valence electrons. The van der Waals surface area contributed by atoms with E-state index in [9.17, 15) is 4.79 Å². The highest BCUT2D eigenvalue weighted by Gasteiger charge is 2.26. The van der Waals surface area contributed by atoms with Gasteiger partial charge in [0.15, 0.2) is 0 Å². The molecule has 1 aliphatic carbocycles. The van der Waals surface area contributed by atoms with Gasteiger partial charge >= 0.3 is 0 Å². The number of amides is 1. The summed E-state index contributed by atoms with van der Waals surface area (Å²) >= 11 is 1.82. The van der Waals surface area contributed by atoms with Crippen LogP contribution in [0.3, 0.4) is 0 Å². The van der Waals surface area contributed by atoms with Crippen molar-refractivity contribution in [1.29, 1.82) is 0 Å². The molecule has 0 unspecified atom stereocenters. The first kappa shape index (κ1) is 18.5. The van der Waals surface area contributed by atoms with Gasteiger partial charge in [-0.15, -0.1) is 11.3 Å². The Morgan fingerprint density at radius 2 is 2.19 bits per heavy atom. The molecule has 0 bridgehead atoms. The highest BCUT2D eigenvalue weighted by Crippen LogP contribution is 2.33. The Kier molecular flexibility index (Phi) is 5.77. The molecule has 0 atom stereocenters. The Hall–Kier alpha value is -1.88. The minimum Gasteiger partial charge on any atom is -0.356 e. The van der Waals surface area contributed by atoms with Gasteiger partial charge in [-0.2, -0.15) is 0 Å². The summed E-state index contributed by atoms with van der Waals surface area (Å²) in [6.45, 7) is 4.75. The van der Waals surface area contributed by atoms with Gasteiger partial charge in [-0.1, -0.05) is 11.6 Å². The quantitative estimate of drug-likeness (QED) is 0.752. The van der Waals surface area contributed by atoms with Crippen molar-refractivity contribution in [3.05, 3.63) is 34.9 Å². The van der Waals surface area contributed by atoms with Crippen molar-refractivity contribution < 1.29 is 4.79 Å². The average Bonchev–Trinajstić information content (AvgIpc) is 3.09. The van der Waals surface area contributed by atoms with Crippen LogP contribution in [0.4, 0.5) is 5.82 Å². The van der Waals surface area contributed by atoms with Gasteiger partial charge in [-0.05, 0) is 64.0 Å². The molecule has 2 aromatic rings. The lowest BCUT2D eigenvalue weighted by Crippen LogP contribution is -2.41. The number of rotatable bonds is 5. The standard InChI is InChI=1S/C22H29N3OS/c1-16-15-19-20(27-16)8-12-23-21(19)25-13-9-18(10-14-25)22(26)24-11-7-17-5-3-2-4-6-17/h5,8,12,15,18H,2-4,6-7,9-11,13-14H2,1H3,(H,24,26). The number of carbonyl (C=O) groups is 1. The number of thiophene rings is 1. The van der Waals surface area contributed by atoms with Crippen molar-refractivity contribution >= 4 is 33.1 Å². The molecule has 1 amide bonds. The number of pyridine rings is 1. The Morgan fingerprint density at radius 1 is 1.33 bits per heavy atom. The summed E-state index contributed by atoms with van der Waals surface area (Å²) in [7, 11) is 0. The van der Waals surface area contributed by atoms with Crippen LogP contribution in [-0.2, 0) is 4.79 Å². The molecule has 2 aromatic heterocycles. The molecular formula is C22H29N3OS. The third-order valence-electron chi connectivity index (χ3n) is 5.84. The van der Waals surface area contributed by atoms with Crippen LogP contribution in [0.15, 0.2) is 30.0 Å². The number of anilines is 1. The van der Waals surface area contributed by atoms with E-state index in [1.165, 1.54) is 46.2 Å². The molecule has 27 heavy (non-hydrogen) atoms. The maximum Gasteiger partial charge on any atom is 0.223 e. The number of aryl methyl sites for hydroxylation is 1. The number of fused-ring (bicyclic) bond motifs is 1. The van der Waals surface area contributed by atoms with Gasteiger partial charge in [0.2, 0.25) is 5.91 Å². The Labute approximate surface area is 165 Å². The van der Waals surface area contributed by atoms with Crippen LogP contribution < -0.4 is 10.2 Å². The van der Waals surface area contributed by atoms with Crippen LogP contribution in [0.2, 0.25) is 0 Å². The second kappa shape index (κ2) is 8.42. The molecule has 2 aliphatic rings. The van der Waals surface area contributed by atoms with Gasteiger partial charge in [0.1, 0.15) is 5.82 Å². The van der Waals surface area contributed by atoms with E-state index in [0.29, 0.717) is 0 Å². The summed E-state index contributed by atoms with van der Waals surface area (Å²) in [5, 5.41) is 4.43. The van der Waals surface area contributed by atoms with E-state index in [2.05, 4.69) is 40.3 Å². The molecule has 1 fully saturated rings. The van der Waals surface area contributed by atoms with Crippen molar-refractivity contribution in [2.24, 2.45) is 5.92 Å². The zero-order valence-corrected chi connectivity index (χ0v) is 17.0. The van der Waals surface area contributed by atoms with Gasteiger partial charge in [0, 0.05) is 46.7 Å². The first-order valence-corrected chi connectivity index (χ1v) is 11.1. The fourth-order valence-corrected chi connectivity index (χ4v) is 5.22. The lowest BCUT2D eigenvalue weighted by molar-refractivity contribution is -0.125. The van der Waals surface area contributed by atoms with Gasteiger partial charge in [-0.25, -0.2) is 4.98 Å². The lowest BCUT2D eigenvalue weighted by atomic mass is 9.95. The number of hydrogen-bond donors (Lipinski definition) is 1. The molecule has 0 spiro atoms. The van der Waals surface area contributed by atoms with Crippen LogP contribution in [0.25, 0.3) is 10.1 Å². The lowest BCUT2D eigenvalue weighted by Gasteiger charge is -2.32. The van der Waals surface area contributed by atoms with Gasteiger partial charge in [0.25, 0.3) is 0 Å². The number of nitrogens with one attached hydrogen (secondary N) is 1. The summed E-state index contributed by atoms with van der Waals surface area (Å²) in [5.74, 6) is 1.47. The van der Waals surface area contributed by atoms with Crippen LogP contribution in [0.5, 0.6) is 0 Å². The predicted octanol–water partition coefficient (Wildman–Crippen LogP) is 4.83. The first-order valence-electron chi connectivity index (χ1n) is 10.3. The Bertz CT molecular complexity index is 833. The number of allylic oxidation sites excluding steroid dienone is 1. The van der Waals surface area contributed by atoms with E-state index in [1.807, 2.05) is 17.5 Å². The minimum absolute atomic E-state index is 0.144. The Morgan fingerprint density at radius 3 is 2.96 bits per heavy atom. The minimum atomic E-state index is 0.144. The maximum absolute atomic E-state index is 12.5. The predicted molar refractivity (Wildman–Crippen MR) is 113 cm³/mol. The molecule has 1 aliphatic heterocycles. The van der Waals surface area contributed by atoms with E-state index >= 15 is 0 Å². The molecular weight excluding hydrogens is 354 g/mol. The van der Waals surface area contributed by atoms with Crippen molar-refractivity contribution in [3.8, 4) is 0 Å². The maximum atomic E-state index is 12.5. The third kappa shape index (κ3) is 4.34. The fourth-order valence-electron chi connectivity index (χ4n) is 4.30. The molecule has 5 heteroatoms. The third-order valence-corrected chi connectivity index (χ3v) is 6.86. The van der Waals surface area contributed by atoms with Crippen molar-refractivity contribution in [1.82, 2.24) is 10.3 Å². The highest BCUT2D eigenvalue weighted by atomic mass is 32.1. The van der Waals surface area contributed by atoms with Crippen LogP contribution in [0, 0.1) is 12.8 Å². The molecule has 1 N–H and O–H groups in total. The molecule has 4 nitrogen and oxygen atoms in total. The fraction of sp³-hybridized carbons (Fsp3) is 0.545. The van der Waals surface area contributed by atoms with E-state index in [-0.39, 0.29) is 11.8 Å². The normalized spacial score (nSPS) is 18.6. The molecule has 0 saturated carbocycles. The number of carbonyl (C=O) groups excluding carboxylic acids is 1. The second-order valence-electron chi connectivity index (χ2n) is 7.81. The van der Waals surface area contributed by atoms with E-state index in [4.69, 9.17) is 0 Å². The summed E-state index contributed by atoms with van der Waals surface area (Å²) in [6.07, 6.45) is 12.2. The summed E-state index contributed by atoms with van der Waals surface area (Å²) in [4.78, 5) is 20.8. The SMILES string of the molecule is Cc1cc2c(N3CCC(C(=O)NCCC4=CCCCC4)CC3)nccc2s1. The van der Waals surface area contributed by atoms with E-state index < -0.39 is 0 Å². The molecule has 3 heterocycles. The van der Waals surface area contributed by atoms with Gasteiger partial charge in [-0.3, -0.25) is 4.79 Å². The number of piperidine rings is 1. The average molecular weight is 384 g/mol. The van der Waals surface area contributed by atoms with E-state index in [1.54, 1.807) is 0 Å². The van der Waals surface area contributed by atoms with Crippen molar-refractivity contribution in [3.63, 3.8) is 0 Å². The zero-order chi connectivity index (χ0) is 18.6. The topological polar surface area (TPSA) is 45.2 Å².